The first-order chi connectivity index (χ1) is 28.2. The highest BCUT2D eigenvalue weighted by Gasteiger charge is 2.18. The Morgan fingerprint density at radius 1 is 0.333 bits per heavy atom. The van der Waals surface area contributed by atoms with Crippen molar-refractivity contribution in [1.29, 1.82) is 0 Å². The highest BCUT2D eigenvalue weighted by molar-refractivity contribution is 6.31. The van der Waals surface area contributed by atoms with E-state index >= 15 is 0 Å². The Bertz CT molecular complexity index is 3940. The molecule has 0 atom stereocenters. The summed E-state index contributed by atoms with van der Waals surface area (Å²) >= 11 is 0. The van der Waals surface area contributed by atoms with Crippen LogP contribution in [0.2, 0.25) is 0 Å². The molecular formula is C55H29NO. The van der Waals surface area contributed by atoms with Crippen LogP contribution in [-0.2, 0) is 0 Å². The van der Waals surface area contributed by atoms with Crippen molar-refractivity contribution < 1.29 is 4.42 Å². The van der Waals surface area contributed by atoms with Gasteiger partial charge in [-0.3, -0.25) is 0 Å². The van der Waals surface area contributed by atoms with Gasteiger partial charge >= 0.3 is 0 Å². The fraction of sp³-hybridized carbons (Fsp3) is 0. The van der Waals surface area contributed by atoms with Crippen LogP contribution >= 0.6 is 0 Å². The molecule has 57 heavy (non-hydrogen) atoms. The van der Waals surface area contributed by atoms with Crippen molar-refractivity contribution in [3.8, 4) is 22.3 Å². The predicted octanol–water partition coefficient (Wildman–Crippen LogP) is 16.1. The molecule has 260 valence electrons. The van der Waals surface area contributed by atoms with Gasteiger partial charge in [0.2, 0.25) is 0 Å². The summed E-state index contributed by atoms with van der Waals surface area (Å²) < 4.78 is 6.69. The quantitative estimate of drug-likeness (QED) is 0.128. The molecule has 13 rings (SSSR count). The van der Waals surface area contributed by atoms with Crippen molar-refractivity contribution in [2.75, 3.05) is 0 Å². The van der Waals surface area contributed by atoms with Crippen LogP contribution in [0, 0.1) is 6.57 Å². The van der Waals surface area contributed by atoms with E-state index in [2.05, 4.69) is 163 Å². The molecule has 0 fully saturated rings. The van der Waals surface area contributed by atoms with Gasteiger partial charge in [-0.2, -0.15) is 0 Å². The average Bonchev–Trinajstić information content (AvgIpc) is 3.65. The lowest BCUT2D eigenvalue weighted by Crippen LogP contribution is -1.90. The predicted molar refractivity (Wildman–Crippen MR) is 242 cm³/mol. The third-order valence-corrected chi connectivity index (χ3v) is 12.6. The Kier molecular flexibility index (Phi) is 5.99. The number of hydrogen-bond acceptors (Lipinski definition) is 1. The van der Waals surface area contributed by atoms with Crippen LogP contribution in [0.4, 0.5) is 5.69 Å². The minimum Gasteiger partial charge on any atom is -0.455 e. The van der Waals surface area contributed by atoms with Gasteiger partial charge in [0.05, 0.1) is 6.57 Å². The Labute approximate surface area is 326 Å². The van der Waals surface area contributed by atoms with Crippen LogP contribution in [0.5, 0.6) is 0 Å². The van der Waals surface area contributed by atoms with Crippen molar-refractivity contribution in [1.82, 2.24) is 0 Å². The van der Waals surface area contributed by atoms with Gasteiger partial charge in [-0.25, -0.2) is 4.85 Å². The molecule has 0 amide bonds. The molecule has 0 aliphatic heterocycles. The zero-order valence-electron chi connectivity index (χ0n) is 30.6. The maximum absolute atomic E-state index is 7.54. The van der Waals surface area contributed by atoms with Crippen LogP contribution < -0.4 is 0 Å². The zero-order valence-corrected chi connectivity index (χ0v) is 30.6. The fourth-order valence-corrected chi connectivity index (χ4v) is 9.89. The first kappa shape index (κ1) is 30.6. The Morgan fingerprint density at radius 2 is 0.877 bits per heavy atom. The minimum atomic E-state index is 0.662. The Balaban J connectivity index is 1.03. The minimum absolute atomic E-state index is 0.662. The van der Waals surface area contributed by atoms with Crippen LogP contribution in [0.15, 0.2) is 180 Å². The summed E-state index contributed by atoms with van der Waals surface area (Å²) in [6, 6.07) is 64.1. The molecule has 0 bridgehead atoms. The van der Waals surface area contributed by atoms with Crippen LogP contribution in [0.25, 0.3) is 135 Å². The van der Waals surface area contributed by atoms with Crippen molar-refractivity contribution in [3.05, 3.63) is 187 Å². The van der Waals surface area contributed by atoms with Crippen molar-refractivity contribution >= 4 is 114 Å². The van der Waals surface area contributed by atoms with E-state index in [4.69, 9.17) is 11.0 Å². The molecule has 0 unspecified atom stereocenters. The summed E-state index contributed by atoms with van der Waals surface area (Å²) in [5, 5.41) is 21.8. The van der Waals surface area contributed by atoms with Gasteiger partial charge in [-0.15, -0.1) is 0 Å². The normalized spacial score (nSPS) is 12.2. The van der Waals surface area contributed by atoms with Crippen LogP contribution in [-0.4, -0.2) is 0 Å². The second-order valence-corrected chi connectivity index (χ2v) is 15.5. The maximum Gasteiger partial charge on any atom is 0.187 e. The Hall–Kier alpha value is -7.73. The van der Waals surface area contributed by atoms with E-state index < -0.39 is 0 Å². The standard InChI is InChI=1S/C55H29NO/c1-56-38-19-12-31-10-11-35(26-37(31)27-38)39-20-14-33-17-24-46-40(21-15-34-16-23-45(39)53(33)54(34)46)36-18-22-44-48(28-36)42-8-4-5-9-43(42)49-29-51-47-25-13-32-6-2-3-7-41(32)55(47)57-52(51)30-50(44)49/h2-30H. The van der Waals surface area contributed by atoms with Gasteiger partial charge in [0.1, 0.15) is 11.2 Å². The number of furan rings is 1. The molecule has 13 aromatic rings. The zero-order chi connectivity index (χ0) is 37.4. The SMILES string of the molecule is [C-]#[N+]c1ccc2ccc(-c3ccc4ccc5c(-c6ccc7c(c6)c6ccccc6c6cc8c(cc76)oc6c7ccccc7ccc86)ccc6ccc3c4c65)cc2c1. The summed E-state index contributed by atoms with van der Waals surface area (Å²) in [6.45, 7) is 7.54. The van der Waals surface area contributed by atoms with Crippen molar-refractivity contribution in [2.45, 2.75) is 0 Å². The number of nitrogens with zero attached hydrogens (tertiary/aromatic N) is 1. The molecule has 2 heteroatoms. The first-order valence-electron chi connectivity index (χ1n) is 19.4. The monoisotopic (exact) mass is 719 g/mol. The third-order valence-electron chi connectivity index (χ3n) is 12.6. The largest absolute Gasteiger partial charge is 0.455 e. The lowest BCUT2D eigenvalue weighted by Gasteiger charge is -2.17. The van der Waals surface area contributed by atoms with Gasteiger partial charge in [0, 0.05) is 16.2 Å². The summed E-state index contributed by atoms with van der Waals surface area (Å²) in [5.41, 5.74) is 7.31. The molecule has 12 aromatic carbocycles. The summed E-state index contributed by atoms with van der Waals surface area (Å²) in [4.78, 5) is 3.68. The van der Waals surface area contributed by atoms with Gasteiger partial charge in [0.25, 0.3) is 0 Å². The highest BCUT2D eigenvalue weighted by atomic mass is 16.3. The lowest BCUT2D eigenvalue weighted by molar-refractivity contribution is 0.673. The second kappa shape index (κ2) is 11.2. The maximum atomic E-state index is 7.54. The molecule has 0 radical (unpaired) electrons. The van der Waals surface area contributed by atoms with Crippen molar-refractivity contribution in [2.24, 2.45) is 0 Å². The van der Waals surface area contributed by atoms with E-state index in [1.807, 2.05) is 18.2 Å². The second-order valence-electron chi connectivity index (χ2n) is 15.5. The number of fused-ring (bicyclic) bond motifs is 12. The molecule has 1 aromatic heterocycles. The first-order valence-corrected chi connectivity index (χ1v) is 19.4. The van der Waals surface area contributed by atoms with E-state index in [1.165, 1.54) is 86.7 Å². The van der Waals surface area contributed by atoms with Gasteiger partial charge in [0.15, 0.2) is 5.69 Å². The molecule has 0 spiro atoms. The molecule has 0 aliphatic carbocycles. The van der Waals surface area contributed by atoms with Crippen LogP contribution in [0.3, 0.4) is 0 Å². The molecule has 0 N–H and O–H groups in total. The van der Waals surface area contributed by atoms with E-state index in [0.717, 1.165) is 43.7 Å². The molecule has 0 saturated heterocycles. The number of hydrogen-bond donors (Lipinski definition) is 0. The van der Waals surface area contributed by atoms with Gasteiger partial charge < -0.3 is 4.42 Å². The number of rotatable bonds is 2. The molecule has 0 saturated carbocycles. The highest BCUT2D eigenvalue weighted by Crippen LogP contribution is 2.45. The molecule has 2 nitrogen and oxygen atoms in total. The number of benzene rings is 12. The topological polar surface area (TPSA) is 17.5 Å². The third kappa shape index (κ3) is 4.23. The molecule has 1 heterocycles. The van der Waals surface area contributed by atoms with Crippen LogP contribution in [0.1, 0.15) is 0 Å². The van der Waals surface area contributed by atoms with E-state index in [-0.39, 0.29) is 0 Å². The molecular weight excluding hydrogens is 691 g/mol. The van der Waals surface area contributed by atoms with Gasteiger partial charge in [-0.1, -0.05) is 140 Å². The Morgan fingerprint density at radius 3 is 1.63 bits per heavy atom. The van der Waals surface area contributed by atoms with E-state index in [9.17, 15) is 0 Å². The summed E-state index contributed by atoms with van der Waals surface area (Å²) in [7, 11) is 0. The molecule has 0 aliphatic rings. The summed E-state index contributed by atoms with van der Waals surface area (Å²) in [6.07, 6.45) is 0. The van der Waals surface area contributed by atoms with E-state index in [1.54, 1.807) is 0 Å². The van der Waals surface area contributed by atoms with Gasteiger partial charge in [-0.05, 0) is 139 Å². The summed E-state index contributed by atoms with van der Waals surface area (Å²) in [5.74, 6) is 0. The smallest absolute Gasteiger partial charge is 0.187 e. The van der Waals surface area contributed by atoms with Crippen molar-refractivity contribution in [3.63, 3.8) is 0 Å². The van der Waals surface area contributed by atoms with E-state index in [0.29, 0.717) is 5.69 Å². The fourth-order valence-electron chi connectivity index (χ4n) is 9.89. The lowest BCUT2D eigenvalue weighted by atomic mass is 9.86. The average molecular weight is 720 g/mol.